The Hall–Kier alpha value is -1.81. The van der Waals surface area contributed by atoms with Crippen LogP contribution in [0, 0.1) is 13.8 Å². The third-order valence-electron chi connectivity index (χ3n) is 3.23. The number of benzene rings is 1. The fourth-order valence-corrected chi connectivity index (χ4v) is 2.06. The van der Waals surface area contributed by atoms with Crippen molar-refractivity contribution in [2.24, 2.45) is 0 Å². The van der Waals surface area contributed by atoms with Gasteiger partial charge in [0.25, 0.3) is 0 Å². The molecular formula is C16H20ClN3O. The molecule has 0 fully saturated rings. The maximum atomic E-state index is 6.04. The van der Waals surface area contributed by atoms with Gasteiger partial charge >= 0.3 is 0 Å². The van der Waals surface area contributed by atoms with E-state index in [1.165, 1.54) is 0 Å². The van der Waals surface area contributed by atoms with Gasteiger partial charge in [-0.05, 0) is 31.5 Å². The molecule has 21 heavy (non-hydrogen) atoms. The predicted octanol–water partition coefficient (Wildman–Crippen LogP) is 4.70. The number of hydrogen-bond acceptors (Lipinski definition) is 4. The molecule has 0 atom stereocenters. The van der Waals surface area contributed by atoms with Crippen molar-refractivity contribution >= 4 is 17.4 Å². The smallest absolute Gasteiger partial charge is 0.227 e. The summed E-state index contributed by atoms with van der Waals surface area (Å²) in [5.74, 6) is 3.02. The second-order valence-electron chi connectivity index (χ2n) is 5.28. The Balaban J connectivity index is 2.47. The van der Waals surface area contributed by atoms with Crippen LogP contribution < -0.4 is 10.1 Å². The van der Waals surface area contributed by atoms with Crippen molar-refractivity contribution in [1.29, 1.82) is 0 Å². The fraction of sp³-hybridized carbons (Fsp3) is 0.375. The van der Waals surface area contributed by atoms with Gasteiger partial charge in [-0.25, -0.2) is 4.98 Å². The monoisotopic (exact) mass is 305 g/mol. The lowest BCUT2D eigenvalue weighted by molar-refractivity contribution is 0.450. The van der Waals surface area contributed by atoms with E-state index >= 15 is 0 Å². The largest absolute Gasteiger partial charge is 0.438 e. The predicted molar refractivity (Wildman–Crippen MR) is 86.7 cm³/mol. The number of nitrogens with one attached hydrogen (secondary N) is 1. The summed E-state index contributed by atoms with van der Waals surface area (Å²) in [5.41, 5.74) is 1.88. The van der Waals surface area contributed by atoms with Crippen LogP contribution in [0.2, 0.25) is 5.02 Å². The summed E-state index contributed by atoms with van der Waals surface area (Å²) in [6, 6.07) is 5.57. The Morgan fingerprint density at radius 1 is 1.19 bits per heavy atom. The Bertz CT molecular complexity index is 656. The Kier molecular flexibility index (Phi) is 4.68. The van der Waals surface area contributed by atoms with E-state index < -0.39 is 0 Å². The van der Waals surface area contributed by atoms with Crippen molar-refractivity contribution in [2.75, 3.05) is 12.4 Å². The third kappa shape index (κ3) is 3.45. The summed E-state index contributed by atoms with van der Waals surface area (Å²) in [4.78, 5) is 9.03. The lowest BCUT2D eigenvalue weighted by Gasteiger charge is -2.15. The molecule has 4 nitrogen and oxygen atoms in total. The van der Waals surface area contributed by atoms with E-state index in [2.05, 4.69) is 29.1 Å². The molecule has 2 aromatic rings. The maximum Gasteiger partial charge on any atom is 0.227 e. The Morgan fingerprint density at radius 3 is 2.52 bits per heavy atom. The van der Waals surface area contributed by atoms with Crippen LogP contribution in [-0.2, 0) is 0 Å². The van der Waals surface area contributed by atoms with Crippen molar-refractivity contribution in [2.45, 2.75) is 33.6 Å². The zero-order valence-electron chi connectivity index (χ0n) is 13.0. The molecule has 112 valence electrons. The van der Waals surface area contributed by atoms with Crippen molar-refractivity contribution in [3.8, 4) is 11.6 Å². The zero-order chi connectivity index (χ0) is 15.6. The molecule has 5 heteroatoms. The van der Waals surface area contributed by atoms with Crippen LogP contribution in [0.4, 0.5) is 5.82 Å². The second-order valence-corrected chi connectivity index (χ2v) is 5.71. The van der Waals surface area contributed by atoms with Crippen LogP contribution in [0.5, 0.6) is 11.6 Å². The molecule has 1 heterocycles. The lowest BCUT2D eigenvalue weighted by atomic mass is 10.2. The summed E-state index contributed by atoms with van der Waals surface area (Å²) >= 11 is 6.04. The zero-order valence-corrected chi connectivity index (χ0v) is 13.7. The molecule has 0 aliphatic heterocycles. The highest BCUT2D eigenvalue weighted by Gasteiger charge is 2.15. The van der Waals surface area contributed by atoms with Gasteiger partial charge < -0.3 is 10.1 Å². The van der Waals surface area contributed by atoms with Gasteiger partial charge in [-0.1, -0.05) is 31.5 Å². The van der Waals surface area contributed by atoms with Crippen molar-refractivity contribution in [3.63, 3.8) is 0 Å². The lowest BCUT2D eigenvalue weighted by Crippen LogP contribution is -2.06. The topological polar surface area (TPSA) is 47.0 Å². The summed E-state index contributed by atoms with van der Waals surface area (Å²) < 4.78 is 5.98. The number of aromatic nitrogens is 2. The van der Waals surface area contributed by atoms with Crippen LogP contribution in [0.3, 0.4) is 0 Å². The number of halogens is 1. The van der Waals surface area contributed by atoms with E-state index in [1.807, 2.05) is 33.0 Å². The third-order valence-corrected chi connectivity index (χ3v) is 3.46. The highest BCUT2D eigenvalue weighted by molar-refractivity contribution is 6.30. The van der Waals surface area contributed by atoms with Crippen LogP contribution in [-0.4, -0.2) is 17.0 Å². The van der Waals surface area contributed by atoms with Gasteiger partial charge in [0.15, 0.2) is 0 Å². The van der Waals surface area contributed by atoms with Gasteiger partial charge in [0.1, 0.15) is 17.4 Å². The highest BCUT2D eigenvalue weighted by Crippen LogP contribution is 2.31. The molecule has 2 rings (SSSR count). The van der Waals surface area contributed by atoms with E-state index in [9.17, 15) is 0 Å². The summed E-state index contributed by atoms with van der Waals surface area (Å²) in [5, 5.41) is 3.72. The molecule has 0 radical (unpaired) electrons. The summed E-state index contributed by atoms with van der Waals surface area (Å²) in [6.45, 7) is 8.02. The molecule has 0 unspecified atom stereocenters. The first-order chi connectivity index (χ1) is 9.92. The average Bonchev–Trinajstić information content (AvgIpc) is 2.44. The maximum absolute atomic E-state index is 6.04. The molecule has 1 aromatic carbocycles. The molecule has 0 saturated carbocycles. The van der Waals surface area contributed by atoms with Crippen LogP contribution >= 0.6 is 11.6 Å². The van der Waals surface area contributed by atoms with Gasteiger partial charge in [-0.2, -0.15) is 4.98 Å². The molecule has 1 N–H and O–H groups in total. The molecule has 0 saturated heterocycles. The highest BCUT2D eigenvalue weighted by atomic mass is 35.5. The average molecular weight is 306 g/mol. The first-order valence-electron chi connectivity index (χ1n) is 6.92. The number of hydrogen-bond donors (Lipinski definition) is 1. The van der Waals surface area contributed by atoms with E-state index in [0.29, 0.717) is 16.7 Å². The number of anilines is 1. The van der Waals surface area contributed by atoms with Gasteiger partial charge in [0, 0.05) is 18.0 Å². The van der Waals surface area contributed by atoms with Gasteiger partial charge in [-0.3, -0.25) is 0 Å². The Labute approximate surface area is 130 Å². The van der Waals surface area contributed by atoms with Crippen molar-refractivity contribution in [1.82, 2.24) is 9.97 Å². The molecule has 0 bridgehead atoms. The van der Waals surface area contributed by atoms with Gasteiger partial charge in [-0.15, -0.1) is 0 Å². The minimum Gasteiger partial charge on any atom is -0.438 e. The van der Waals surface area contributed by atoms with E-state index in [1.54, 1.807) is 6.07 Å². The quantitative estimate of drug-likeness (QED) is 0.889. The second kappa shape index (κ2) is 6.31. The van der Waals surface area contributed by atoms with Crippen LogP contribution in [0.15, 0.2) is 18.2 Å². The minimum absolute atomic E-state index is 0.223. The van der Waals surface area contributed by atoms with Crippen LogP contribution in [0.1, 0.15) is 36.7 Å². The minimum atomic E-state index is 0.223. The number of nitrogens with zero attached hydrogens (tertiary/aromatic N) is 2. The van der Waals surface area contributed by atoms with Gasteiger partial charge in [0.2, 0.25) is 5.88 Å². The molecular weight excluding hydrogens is 286 g/mol. The first-order valence-corrected chi connectivity index (χ1v) is 7.30. The summed E-state index contributed by atoms with van der Waals surface area (Å²) in [6.07, 6.45) is 0. The van der Waals surface area contributed by atoms with E-state index in [4.69, 9.17) is 16.3 Å². The Morgan fingerprint density at radius 2 is 1.90 bits per heavy atom. The van der Waals surface area contributed by atoms with Crippen molar-refractivity contribution < 1.29 is 4.74 Å². The number of ether oxygens (including phenoxy) is 1. The molecule has 1 aromatic heterocycles. The summed E-state index contributed by atoms with van der Waals surface area (Å²) in [7, 11) is 1.84. The van der Waals surface area contributed by atoms with Crippen LogP contribution in [0.25, 0.3) is 0 Å². The molecule has 0 aliphatic rings. The van der Waals surface area contributed by atoms with Gasteiger partial charge in [0.05, 0.1) is 5.56 Å². The SMILES string of the molecule is CNc1nc(C(C)C)nc(Oc2cc(Cl)ccc2C)c1C. The number of aryl methyl sites for hydroxylation is 1. The molecule has 0 aliphatic carbocycles. The molecule has 0 spiro atoms. The normalized spacial score (nSPS) is 10.8. The van der Waals surface area contributed by atoms with E-state index in [-0.39, 0.29) is 5.92 Å². The first kappa shape index (κ1) is 15.6. The standard InChI is InChI=1S/C16H20ClN3O/c1-9(2)14-19-15(18-5)11(4)16(20-14)21-13-8-12(17)7-6-10(13)3/h6-9H,1-5H3,(H,18,19,20). The number of rotatable bonds is 4. The molecule has 0 amide bonds. The fourth-order valence-electron chi connectivity index (χ4n) is 1.90. The van der Waals surface area contributed by atoms with E-state index in [0.717, 1.165) is 22.8 Å². The van der Waals surface area contributed by atoms with Crippen molar-refractivity contribution in [3.05, 3.63) is 40.2 Å².